The summed E-state index contributed by atoms with van der Waals surface area (Å²) >= 11 is 0. The molecule has 5 nitrogen and oxygen atoms in total. The van der Waals surface area contributed by atoms with Crippen LogP contribution >= 0.6 is 0 Å². The topological polar surface area (TPSA) is 58.8 Å². The molecular formula is C14H19N3O2. The lowest BCUT2D eigenvalue weighted by molar-refractivity contribution is -0.114. The Hall–Kier alpha value is -2.01. The third-order valence-electron chi connectivity index (χ3n) is 2.84. The van der Waals surface area contributed by atoms with Crippen molar-refractivity contribution < 1.29 is 9.53 Å². The minimum atomic E-state index is -0.0444. The second-order valence-corrected chi connectivity index (χ2v) is 4.73. The average Bonchev–Trinajstić information content (AvgIpc) is 2.37. The van der Waals surface area contributed by atoms with Gasteiger partial charge in [0.2, 0.25) is 0 Å². The summed E-state index contributed by atoms with van der Waals surface area (Å²) in [6.45, 7) is 1.78. The van der Waals surface area contributed by atoms with Gasteiger partial charge in [-0.2, -0.15) is 0 Å². The molecule has 0 bridgehead atoms. The summed E-state index contributed by atoms with van der Waals surface area (Å²) < 4.78 is 5.52. The molecule has 0 atom stereocenters. The highest BCUT2D eigenvalue weighted by Gasteiger charge is 2.22. The summed E-state index contributed by atoms with van der Waals surface area (Å²) in [5.74, 6) is 0.659. The van der Waals surface area contributed by atoms with Crippen LogP contribution in [0.3, 0.4) is 0 Å². The van der Waals surface area contributed by atoms with Gasteiger partial charge in [-0.1, -0.05) is 6.08 Å². The molecule has 0 unspecified atom stereocenters. The average molecular weight is 261 g/mol. The highest BCUT2D eigenvalue weighted by atomic mass is 16.5. The number of amides is 1. The maximum atomic E-state index is 12.2. The van der Waals surface area contributed by atoms with E-state index in [2.05, 4.69) is 0 Å². The van der Waals surface area contributed by atoms with Crippen molar-refractivity contribution in [1.29, 1.82) is 0 Å². The standard InChI is InChI=1S/C14H19N3O2/c1-16(2)7-3-4-14(18)17-8-9-19-13-6-5-11(15)10-12(13)17/h3-6,10H,7-9,15H2,1-2H3/b4-3+. The maximum Gasteiger partial charge on any atom is 0.250 e. The van der Waals surface area contributed by atoms with Crippen molar-refractivity contribution in [3.05, 3.63) is 30.4 Å². The summed E-state index contributed by atoms with van der Waals surface area (Å²) in [7, 11) is 3.92. The highest BCUT2D eigenvalue weighted by Crippen LogP contribution is 2.33. The molecule has 2 N–H and O–H groups in total. The number of rotatable bonds is 3. The molecule has 0 saturated carbocycles. The van der Waals surface area contributed by atoms with E-state index in [1.165, 1.54) is 0 Å². The van der Waals surface area contributed by atoms with Gasteiger partial charge in [0, 0.05) is 18.3 Å². The van der Waals surface area contributed by atoms with Crippen molar-refractivity contribution in [3.8, 4) is 5.75 Å². The molecule has 1 heterocycles. The minimum Gasteiger partial charge on any atom is -0.490 e. The van der Waals surface area contributed by atoms with E-state index in [0.29, 0.717) is 24.6 Å². The monoisotopic (exact) mass is 261 g/mol. The minimum absolute atomic E-state index is 0.0444. The zero-order valence-electron chi connectivity index (χ0n) is 11.3. The Balaban J connectivity index is 2.16. The predicted octanol–water partition coefficient (Wildman–Crippen LogP) is 1.11. The van der Waals surface area contributed by atoms with Crippen molar-refractivity contribution in [3.63, 3.8) is 0 Å². The van der Waals surface area contributed by atoms with E-state index in [1.807, 2.05) is 25.1 Å². The first-order chi connectivity index (χ1) is 9.08. The van der Waals surface area contributed by atoms with Crippen molar-refractivity contribution in [2.45, 2.75) is 0 Å². The summed E-state index contributed by atoms with van der Waals surface area (Å²) in [5.41, 5.74) is 7.13. The van der Waals surface area contributed by atoms with E-state index in [9.17, 15) is 4.79 Å². The van der Waals surface area contributed by atoms with Gasteiger partial charge in [-0.05, 0) is 32.3 Å². The number of likely N-dealkylation sites (N-methyl/N-ethyl adjacent to an activating group) is 1. The number of hydrogen-bond acceptors (Lipinski definition) is 4. The van der Waals surface area contributed by atoms with Gasteiger partial charge in [0.25, 0.3) is 5.91 Å². The van der Waals surface area contributed by atoms with E-state index >= 15 is 0 Å². The highest BCUT2D eigenvalue weighted by molar-refractivity contribution is 6.03. The van der Waals surface area contributed by atoms with Crippen molar-refractivity contribution >= 4 is 17.3 Å². The molecule has 2 rings (SSSR count). The first-order valence-electron chi connectivity index (χ1n) is 6.23. The lowest BCUT2D eigenvalue weighted by Gasteiger charge is -2.29. The van der Waals surface area contributed by atoms with E-state index in [0.717, 1.165) is 12.2 Å². The Bertz CT molecular complexity index is 497. The van der Waals surface area contributed by atoms with Crippen LogP contribution in [-0.2, 0) is 4.79 Å². The number of hydrogen-bond donors (Lipinski definition) is 1. The Morgan fingerprint density at radius 3 is 3.05 bits per heavy atom. The molecule has 1 aliphatic heterocycles. The number of carbonyl (C=O) groups is 1. The SMILES string of the molecule is CN(C)C/C=C/C(=O)N1CCOc2ccc(N)cc21. The number of nitrogen functional groups attached to an aromatic ring is 1. The molecule has 102 valence electrons. The molecule has 0 radical (unpaired) electrons. The third-order valence-corrected chi connectivity index (χ3v) is 2.84. The van der Waals surface area contributed by atoms with E-state index in [4.69, 9.17) is 10.5 Å². The number of anilines is 2. The molecular weight excluding hydrogens is 242 g/mol. The van der Waals surface area contributed by atoms with Gasteiger partial charge < -0.3 is 20.3 Å². The molecule has 5 heteroatoms. The maximum absolute atomic E-state index is 12.2. The van der Waals surface area contributed by atoms with Crippen molar-refractivity contribution in [2.24, 2.45) is 0 Å². The molecule has 1 aromatic carbocycles. The van der Waals surface area contributed by atoms with Crippen molar-refractivity contribution in [2.75, 3.05) is 44.4 Å². The molecule has 0 spiro atoms. The number of ether oxygens (including phenoxy) is 1. The first-order valence-corrected chi connectivity index (χ1v) is 6.23. The second-order valence-electron chi connectivity index (χ2n) is 4.73. The van der Waals surface area contributed by atoms with Gasteiger partial charge in [0.15, 0.2) is 0 Å². The largest absolute Gasteiger partial charge is 0.490 e. The van der Waals surface area contributed by atoms with Gasteiger partial charge in [-0.3, -0.25) is 4.79 Å². The smallest absolute Gasteiger partial charge is 0.250 e. The fourth-order valence-electron chi connectivity index (χ4n) is 1.92. The molecule has 1 aliphatic rings. The fourth-order valence-corrected chi connectivity index (χ4v) is 1.92. The lowest BCUT2D eigenvalue weighted by atomic mass is 10.2. The summed E-state index contributed by atoms with van der Waals surface area (Å²) in [4.78, 5) is 15.9. The quantitative estimate of drug-likeness (QED) is 0.654. The van der Waals surface area contributed by atoms with Crippen LogP contribution in [0.5, 0.6) is 5.75 Å². The Labute approximate surface area is 113 Å². The molecule has 0 saturated heterocycles. The first kappa shape index (κ1) is 13.4. The fraction of sp³-hybridized carbons (Fsp3) is 0.357. The van der Waals surface area contributed by atoms with E-state index in [-0.39, 0.29) is 5.91 Å². The second kappa shape index (κ2) is 5.75. The number of nitrogens with zero attached hydrogens (tertiary/aromatic N) is 2. The molecule has 0 aromatic heterocycles. The van der Waals surface area contributed by atoms with Crippen LogP contribution in [0.1, 0.15) is 0 Å². The van der Waals surface area contributed by atoms with E-state index in [1.54, 1.807) is 29.2 Å². The number of fused-ring (bicyclic) bond motifs is 1. The zero-order valence-corrected chi connectivity index (χ0v) is 11.3. The van der Waals surface area contributed by atoms with Crippen molar-refractivity contribution in [1.82, 2.24) is 4.90 Å². The lowest BCUT2D eigenvalue weighted by Crippen LogP contribution is -2.37. The number of carbonyl (C=O) groups excluding carboxylic acids is 1. The van der Waals surface area contributed by atoms with E-state index < -0.39 is 0 Å². The molecule has 0 fully saturated rings. The zero-order chi connectivity index (χ0) is 13.8. The van der Waals surface area contributed by atoms with Crippen LogP contribution in [0.25, 0.3) is 0 Å². The Morgan fingerprint density at radius 2 is 2.32 bits per heavy atom. The molecule has 0 aliphatic carbocycles. The number of benzene rings is 1. The molecule has 19 heavy (non-hydrogen) atoms. The summed E-state index contributed by atoms with van der Waals surface area (Å²) in [5, 5.41) is 0. The van der Waals surface area contributed by atoms with Crippen LogP contribution in [-0.4, -0.2) is 44.6 Å². The third kappa shape index (κ3) is 3.26. The van der Waals surface area contributed by atoms with Crippen LogP contribution in [0.15, 0.2) is 30.4 Å². The molecule has 1 aromatic rings. The predicted molar refractivity (Wildman–Crippen MR) is 76.4 cm³/mol. The Kier molecular flexibility index (Phi) is 4.06. The van der Waals surface area contributed by atoms with Crippen LogP contribution in [0.2, 0.25) is 0 Å². The normalized spacial score (nSPS) is 14.6. The van der Waals surface area contributed by atoms with Gasteiger partial charge in [0.05, 0.1) is 12.2 Å². The number of nitrogens with two attached hydrogens (primary N) is 1. The van der Waals surface area contributed by atoms with Gasteiger partial charge in [-0.15, -0.1) is 0 Å². The molecule has 1 amide bonds. The van der Waals surface area contributed by atoms with Gasteiger partial charge in [-0.25, -0.2) is 0 Å². The summed E-state index contributed by atoms with van der Waals surface area (Å²) in [6, 6.07) is 5.34. The van der Waals surface area contributed by atoms with Crippen LogP contribution in [0, 0.1) is 0 Å². The van der Waals surface area contributed by atoms with Crippen LogP contribution < -0.4 is 15.4 Å². The summed E-state index contributed by atoms with van der Waals surface area (Å²) in [6.07, 6.45) is 3.45. The Morgan fingerprint density at radius 1 is 1.53 bits per heavy atom. The van der Waals surface area contributed by atoms with Crippen LogP contribution in [0.4, 0.5) is 11.4 Å². The van der Waals surface area contributed by atoms with Gasteiger partial charge in [0.1, 0.15) is 12.4 Å². The van der Waals surface area contributed by atoms with Gasteiger partial charge >= 0.3 is 0 Å².